The molecule has 0 heterocycles. The minimum absolute atomic E-state index is 0.121. The van der Waals surface area contributed by atoms with Crippen LogP contribution < -0.4 is 9.04 Å². The number of rotatable bonds is 8. The number of carbonyl (C=O) groups excluding carboxylic acids is 1. The van der Waals surface area contributed by atoms with Crippen LogP contribution in [-0.4, -0.2) is 34.1 Å². The van der Waals surface area contributed by atoms with Crippen molar-refractivity contribution in [2.24, 2.45) is 0 Å². The first kappa shape index (κ1) is 19.7. The number of ether oxygens (including phenoxy) is 2. The van der Waals surface area contributed by atoms with Crippen LogP contribution >= 0.6 is 0 Å². The second kappa shape index (κ2) is 8.66. The van der Waals surface area contributed by atoms with Crippen LogP contribution in [0.2, 0.25) is 0 Å². The third-order valence-electron chi connectivity index (χ3n) is 3.41. The van der Waals surface area contributed by atoms with Gasteiger partial charge in [-0.3, -0.25) is 9.10 Å². The Morgan fingerprint density at radius 3 is 2.31 bits per heavy atom. The van der Waals surface area contributed by atoms with Crippen molar-refractivity contribution >= 4 is 21.7 Å². The molecule has 0 saturated carbocycles. The summed E-state index contributed by atoms with van der Waals surface area (Å²) in [4.78, 5) is 11.9. The second-order valence-corrected chi connectivity index (χ2v) is 7.03. The number of sulfonamides is 1. The van der Waals surface area contributed by atoms with Crippen molar-refractivity contribution in [3.05, 3.63) is 54.3 Å². The molecule has 140 valence electrons. The molecule has 2 rings (SSSR count). The molecule has 2 aromatic carbocycles. The molecule has 0 N–H and O–H groups in total. The van der Waals surface area contributed by atoms with Crippen molar-refractivity contribution in [1.82, 2.24) is 0 Å². The Hall–Kier alpha value is -2.61. The molecule has 2 aromatic rings. The number of benzene rings is 2. The highest BCUT2D eigenvalue weighted by atomic mass is 32.2. The molecule has 0 fully saturated rings. The molecule has 0 atom stereocenters. The summed E-state index contributed by atoms with van der Waals surface area (Å²) >= 11 is 0. The quantitative estimate of drug-likeness (QED) is 0.658. The summed E-state index contributed by atoms with van der Waals surface area (Å²) in [7, 11) is -4.14. The van der Waals surface area contributed by atoms with Gasteiger partial charge in [-0.25, -0.2) is 12.8 Å². The van der Waals surface area contributed by atoms with Crippen molar-refractivity contribution in [3.8, 4) is 5.75 Å². The highest BCUT2D eigenvalue weighted by Crippen LogP contribution is 2.32. The van der Waals surface area contributed by atoms with Gasteiger partial charge in [0.2, 0.25) is 0 Å². The zero-order valence-corrected chi connectivity index (χ0v) is 15.3. The summed E-state index contributed by atoms with van der Waals surface area (Å²) < 4.78 is 50.6. The Bertz CT molecular complexity index is 852. The van der Waals surface area contributed by atoms with Gasteiger partial charge in [-0.15, -0.1) is 0 Å². The second-order valence-electron chi connectivity index (χ2n) is 5.17. The SMILES string of the molecule is CCOC(=O)CN(c1ccccc1OCC)S(=O)(=O)c1ccc(F)cc1. The molecule has 0 aliphatic rings. The lowest BCUT2D eigenvalue weighted by Gasteiger charge is -2.25. The number of halogens is 1. The van der Waals surface area contributed by atoms with Gasteiger partial charge in [-0.05, 0) is 50.2 Å². The summed E-state index contributed by atoms with van der Waals surface area (Å²) in [6.07, 6.45) is 0. The monoisotopic (exact) mass is 381 g/mol. The van der Waals surface area contributed by atoms with Gasteiger partial charge < -0.3 is 9.47 Å². The van der Waals surface area contributed by atoms with E-state index in [1.807, 2.05) is 0 Å². The number of nitrogens with zero attached hydrogens (tertiary/aromatic N) is 1. The number of esters is 1. The summed E-state index contributed by atoms with van der Waals surface area (Å²) in [6, 6.07) is 10.9. The van der Waals surface area contributed by atoms with Crippen molar-refractivity contribution in [2.75, 3.05) is 24.1 Å². The van der Waals surface area contributed by atoms with E-state index in [0.29, 0.717) is 12.4 Å². The first-order valence-electron chi connectivity index (χ1n) is 8.06. The molecule has 26 heavy (non-hydrogen) atoms. The smallest absolute Gasteiger partial charge is 0.326 e. The molecule has 0 unspecified atom stereocenters. The highest BCUT2D eigenvalue weighted by Gasteiger charge is 2.29. The van der Waals surface area contributed by atoms with E-state index in [2.05, 4.69) is 0 Å². The van der Waals surface area contributed by atoms with Crippen molar-refractivity contribution in [1.29, 1.82) is 0 Å². The molecule has 0 spiro atoms. The van der Waals surface area contributed by atoms with Crippen molar-refractivity contribution < 1.29 is 27.1 Å². The van der Waals surface area contributed by atoms with E-state index in [0.717, 1.165) is 28.6 Å². The normalized spacial score (nSPS) is 11.0. The first-order valence-corrected chi connectivity index (χ1v) is 9.50. The summed E-state index contributed by atoms with van der Waals surface area (Å²) in [5.74, 6) is -0.954. The van der Waals surface area contributed by atoms with Crippen LogP contribution in [0.3, 0.4) is 0 Å². The van der Waals surface area contributed by atoms with Crippen LogP contribution in [0.1, 0.15) is 13.8 Å². The fraction of sp³-hybridized carbons (Fsp3) is 0.278. The Kier molecular flexibility index (Phi) is 6.57. The first-order chi connectivity index (χ1) is 12.4. The number of para-hydroxylation sites is 2. The molecule has 0 amide bonds. The minimum atomic E-state index is -4.14. The van der Waals surface area contributed by atoms with Gasteiger partial charge in [-0.2, -0.15) is 0 Å². The van der Waals surface area contributed by atoms with Gasteiger partial charge in [0.1, 0.15) is 18.1 Å². The predicted molar refractivity (Wildman–Crippen MR) is 95.2 cm³/mol. The predicted octanol–water partition coefficient (Wildman–Crippen LogP) is 2.98. The van der Waals surface area contributed by atoms with E-state index in [1.54, 1.807) is 32.0 Å². The number of hydrogen-bond acceptors (Lipinski definition) is 5. The van der Waals surface area contributed by atoms with Crippen LogP contribution in [-0.2, 0) is 19.6 Å². The van der Waals surface area contributed by atoms with Crippen LogP contribution in [0.15, 0.2) is 53.4 Å². The van der Waals surface area contributed by atoms with Gasteiger partial charge >= 0.3 is 5.97 Å². The molecule has 0 bridgehead atoms. The summed E-state index contributed by atoms with van der Waals surface area (Å²) in [5.41, 5.74) is 0.201. The summed E-state index contributed by atoms with van der Waals surface area (Å²) in [6.45, 7) is 3.31. The van der Waals surface area contributed by atoms with Gasteiger partial charge in [0.25, 0.3) is 10.0 Å². The van der Waals surface area contributed by atoms with Crippen molar-refractivity contribution in [2.45, 2.75) is 18.7 Å². The molecular weight excluding hydrogens is 361 g/mol. The standard InChI is InChI=1S/C18H20FNO5S/c1-3-24-17-8-6-5-7-16(17)20(13-18(21)25-4-2)26(22,23)15-11-9-14(19)10-12-15/h5-12H,3-4,13H2,1-2H3. The molecular formula is C18H20FNO5S. The highest BCUT2D eigenvalue weighted by molar-refractivity contribution is 7.92. The molecule has 0 saturated heterocycles. The van der Waals surface area contributed by atoms with Gasteiger partial charge in [0.15, 0.2) is 0 Å². The lowest BCUT2D eigenvalue weighted by Crippen LogP contribution is -2.37. The minimum Gasteiger partial charge on any atom is -0.492 e. The summed E-state index contributed by atoms with van der Waals surface area (Å²) in [5, 5.41) is 0. The largest absolute Gasteiger partial charge is 0.492 e. The van der Waals surface area contributed by atoms with Gasteiger partial charge in [-0.1, -0.05) is 12.1 Å². The van der Waals surface area contributed by atoms with E-state index in [-0.39, 0.29) is 17.2 Å². The molecule has 0 radical (unpaired) electrons. The fourth-order valence-corrected chi connectivity index (χ4v) is 3.72. The maximum absolute atomic E-state index is 13.2. The Labute approximate surface area is 152 Å². The van der Waals surface area contributed by atoms with E-state index < -0.39 is 28.4 Å². The van der Waals surface area contributed by atoms with E-state index in [9.17, 15) is 17.6 Å². The van der Waals surface area contributed by atoms with Gasteiger partial charge in [0, 0.05) is 0 Å². The molecule has 0 aromatic heterocycles. The molecule has 6 nitrogen and oxygen atoms in total. The van der Waals surface area contributed by atoms with E-state index in [4.69, 9.17) is 9.47 Å². The molecule has 0 aliphatic heterocycles. The lowest BCUT2D eigenvalue weighted by molar-refractivity contribution is -0.141. The maximum atomic E-state index is 13.2. The van der Waals surface area contributed by atoms with Crippen molar-refractivity contribution in [3.63, 3.8) is 0 Å². The zero-order chi connectivity index (χ0) is 19.2. The molecule has 8 heteroatoms. The van der Waals surface area contributed by atoms with Crippen LogP contribution in [0, 0.1) is 5.82 Å². The van der Waals surface area contributed by atoms with Crippen LogP contribution in [0.25, 0.3) is 0 Å². The topological polar surface area (TPSA) is 72.9 Å². The average Bonchev–Trinajstić information content (AvgIpc) is 2.61. The third kappa shape index (κ3) is 4.51. The van der Waals surface area contributed by atoms with E-state index in [1.165, 1.54) is 6.07 Å². The fourth-order valence-electron chi connectivity index (χ4n) is 2.30. The number of hydrogen-bond donors (Lipinski definition) is 0. The average molecular weight is 381 g/mol. The lowest BCUT2D eigenvalue weighted by atomic mass is 10.3. The van der Waals surface area contributed by atoms with Crippen LogP contribution in [0.5, 0.6) is 5.75 Å². The zero-order valence-electron chi connectivity index (χ0n) is 14.5. The number of carbonyl (C=O) groups is 1. The Morgan fingerprint density at radius 2 is 1.69 bits per heavy atom. The van der Waals surface area contributed by atoms with Crippen LogP contribution in [0.4, 0.5) is 10.1 Å². The molecule has 0 aliphatic carbocycles. The van der Waals surface area contributed by atoms with Gasteiger partial charge in [0.05, 0.1) is 23.8 Å². The number of anilines is 1. The third-order valence-corrected chi connectivity index (χ3v) is 5.19. The van der Waals surface area contributed by atoms with E-state index >= 15 is 0 Å². The maximum Gasteiger partial charge on any atom is 0.326 e. The Morgan fingerprint density at radius 1 is 1.04 bits per heavy atom. The Balaban J connectivity index is 2.54.